The van der Waals surface area contributed by atoms with Crippen molar-refractivity contribution < 1.29 is 17.5 Å². The Kier molecular flexibility index (Phi) is 4.92. The molecule has 1 saturated heterocycles. The standard InChI is InChI=1S/C14H19ClFNO3S/c1-14(20-2)6-3-7-17(10-14)21(18,19)13-8-11(9-15)4-5-12(13)16/h4-5,8H,3,6-7,9-10H2,1-2H3. The maximum atomic E-state index is 14.0. The lowest BCUT2D eigenvalue weighted by molar-refractivity contribution is -0.0319. The Morgan fingerprint density at radius 2 is 2.19 bits per heavy atom. The van der Waals surface area contributed by atoms with Gasteiger partial charge in [0, 0.05) is 26.1 Å². The lowest BCUT2D eigenvalue weighted by atomic mass is 9.96. The lowest BCUT2D eigenvalue weighted by Crippen LogP contribution is -2.49. The number of hydrogen-bond acceptors (Lipinski definition) is 3. The molecule has 1 atom stereocenters. The Bertz CT molecular complexity index is 623. The summed E-state index contributed by atoms with van der Waals surface area (Å²) >= 11 is 5.70. The molecule has 2 rings (SSSR count). The van der Waals surface area contributed by atoms with E-state index in [1.54, 1.807) is 7.11 Å². The van der Waals surface area contributed by atoms with Crippen molar-refractivity contribution in [2.75, 3.05) is 20.2 Å². The molecule has 1 fully saturated rings. The summed E-state index contributed by atoms with van der Waals surface area (Å²) in [7, 11) is -2.33. The first-order chi connectivity index (χ1) is 9.82. The van der Waals surface area contributed by atoms with Gasteiger partial charge in [0.2, 0.25) is 10.0 Å². The molecule has 1 aliphatic heterocycles. The van der Waals surface area contributed by atoms with Crippen molar-refractivity contribution in [3.05, 3.63) is 29.6 Å². The van der Waals surface area contributed by atoms with Crippen molar-refractivity contribution in [3.8, 4) is 0 Å². The van der Waals surface area contributed by atoms with Crippen molar-refractivity contribution in [3.63, 3.8) is 0 Å². The molecule has 1 aromatic rings. The van der Waals surface area contributed by atoms with Crippen LogP contribution in [0.25, 0.3) is 0 Å². The van der Waals surface area contributed by atoms with Gasteiger partial charge in [-0.2, -0.15) is 4.31 Å². The van der Waals surface area contributed by atoms with E-state index in [1.807, 2.05) is 6.92 Å². The van der Waals surface area contributed by atoms with E-state index < -0.39 is 21.4 Å². The molecule has 21 heavy (non-hydrogen) atoms. The van der Waals surface area contributed by atoms with Gasteiger partial charge in [-0.15, -0.1) is 11.6 Å². The Hall–Kier alpha value is -0.690. The molecule has 1 heterocycles. The number of sulfonamides is 1. The van der Waals surface area contributed by atoms with Gasteiger partial charge >= 0.3 is 0 Å². The molecular weight excluding hydrogens is 317 g/mol. The Morgan fingerprint density at radius 1 is 1.48 bits per heavy atom. The van der Waals surface area contributed by atoms with Gasteiger partial charge in [0.25, 0.3) is 0 Å². The molecule has 1 aromatic carbocycles. The summed E-state index contributed by atoms with van der Waals surface area (Å²) in [5.41, 5.74) is 0.0365. The molecule has 0 aromatic heterocycles. The monoisotopic (exact) mass is 335 g/mol. The second-order valence-corrected chi connectivity index (χ2v) is 7.67. The van der Waals surface area contributed by atoms with Crippen LogP contribution in [0.5, 0.6) is 0 Å². The van der Waals surface area contributed by atoms with Crippen molar-refractivity contribution >= 4 is 21.6 Å². The van der Waals surface area contributed by atoms with Crippen LogP contribution in [0.4, 0.5) is 4.39 Å². The van der Waals surface area contributed by atoms with Crippen LogP contribution in [0.15, 0.2) is 23.1 Å². The fourth-order valence-electron chi connectivity index (χ4n) is 2.50. The quantitative estimate of drug-likeness (QED) is 0.795. The minimum atomic E-state index is -3.89. The number of hydrogen-bond donors (Lipinski definition) is 0. The Labute approximate surface area is 129 Å². The minimum Gasteiger partial charge on any atom is -0.377 e. The normalized spacial score (nSPS) is 24.2. The van der Waals surface area contributed by atoms with Crippen LogP contribution < -0.4 is 0 Å². The van der Waals surface area contributed by atoms with E-state index in [0.29, 0.717) is 18.5 Å². The van der Waals surface area contributed by atoms with Gasteiger partial charge in [-0.05, 0) is 37.5 Å². The van der Waals surface area contributed by atoms with Gasteiger partial charge in [0.15, 0.2) is 0 Å². The zero-order chi connectivity index (χ0) is 15.7. The van der Waals surface area contributed by atoms with Crippen LogP contribution in [-0.4, -0.2) is 38.5 Å². The maximum absolute atomic E-state index is 14.0. The summed E-state index contributed by atoms with van der Waals surface area (Å²) in [6.45, 7) is 2.45. The van der Waals surface area contributed by atoms with E-state index >= 15 is 0 Å². The molecule has 0 radical (unpaired) electrons. The number of halogens is 2. The third-order valence-corrected chi connectivity index (χ3v) is 6.05. The van der Waals surface area contributed by atoms with Gasteiger partial charge in [-0.3, -0.25) is 0 Å². The van der Waals surface area contributed by atoms with Crippen LogP contribution >= 0.6 is 11.6 Å². The first-order valence-electron chi connectivity index (χ1n) is 6.72. The highest BCUT2D eigenvalue weighted by Gasteiger charge is 2.38. The van der Waals surface area contributed by atoms with Crippen LogP contribution in [0.2, 0.25) is 0 Å². The van der Waals surface area contributed by atoms with Gasteiger partial charge in [0.05, 0.1) is 5.60 Å². The number of benzene rings is 1. The molecule has 1 unspecified atom stereocenters. The first kappa shape index (κ1) is 16.7. The second-order valence-electron chi connectivity index (χ2n) is 5.49. The molecule has 7 heteroatoms. The first-order valence-corrected chi connectivity index (χ1v) is 8.69. The molecule has 118 valence electrons. The van der Waals surface area contributed by atoms with Crippen molar-refractivity contribution in [1.29, 1.82) is 0 Å². The van der Waals surface area contributed by atoms with E-state index in [-0.39, 0.29) is 17.3 Å². The number of rotatable bonds is 4. The van der Waals surface area contributed by atoms with Gasteiger partial charge in [0.1, 0.15) is 10.7 Å². The number of nitrogens with zero attached hydrogens (tertiary/aromatic N) is 1. The van der Waals surface area contributed by atoms with Gasteiger partial charge in [-0.1, -0.05) is 6.07 Å². The summed E-state index contributed by atoms with van der Waals surface area (Å²) in [6, 6.07) is 3.93. The predicted molar refractivity (Wildman–Crippen MR) is 79.4 cm³/mol. The molecule has 0 spiro atoms. The number of alkyl halides is 1. The van der Waals surface area contributed by atoms with Gasteiger partial charge in [-0.25, -0.2) is 12.8 Å². The highest BCUT2D eigenvalue weighted by atomic mass is 35.5. The van der Waals surface area contributed by atoms with Crippen LogP contribution in [-0.2, 0) is 20.6 Å². The lowest BCUT2D eigenvalue weighted by Gasteiger charge is -2.38. The number of piperidine rings is 1. The second kappa shape index (κ2) is 6.20. The van der Waals surface area contributed by atoms with E-state index in [1.165, 1.54) is 16.4 Å². The molecule has 0 N–H and O–H groups in total. The Morgan fingerprint density at radius 3 is 2.81 bits per heavy atom. The molecule has 0 aliphatic carbocycles. The zero-order valence-corrected chi connectivity index (χ0v) is 13.7. The van der Waals surface area contributed by atoms with Crippen LogP contribution in [0.1, 0.15) is 25.3 Å². The summed E-state index contributed by atoms with van der Waals surface area (Å²) < 4.78 is 46.0. The van der Waals surface area contributed by atoms with Crippen molar-refractivity contribution in [2.45, 2.75) is 36.1 Å². The maximum Gasteiger partial charge on any atom is 0.246 e. The zero-order valence-electron chi connectivity index (χ0n) is 12.1. The third kappa shape index (κ3) is 3.39. The fraction of sp³-hybridized carbons (Fsp3) is 0.571. The highest BCUT2D eigenvalue weighted by Crippen LogP contribution is 2.29. The Balaban J connectivity index is 2.38. The van der Waals surface area contributed by atoms with Crippen molar-refractivity contribution in [1.82, 2.24) is 4.31 Å². The van der Waals surface area contributed by atoms with Crippen molar-refractivity contribution in [2.24, 2.45) is 0 Å². The summed E-state index contributed by atoms with van der Waals surface area (Å²) in [5, 5.41) is 0. The molecule has 0 amide bonds. The molecule has 0 saturated carbocycles. The topological polar surface area (TPSA) is 46.6 Å². The fourth-order valence-corrected chi connectivity index (χ4v) is 4.37. The molecule has 1 aliphatic rings. The van der Waals surface area contributed by atoms with E-state index in [2.05, 4.69) is 0 Å². The van der Waals surface area contributed by atoms with E-state index in [0.717, 1.165) is 12.5 Å². The minimum absolute atomic E-state index is 0.137. The molecule has 4 nitrogen and oxygen atoms in total. The summed E-state index contributed by atoms with van der Waals surface area (Å²) in [5.74, 6) is -0.618. The highest BCUT2D eigenvalue weighted by molar-refractivity contribution is 7.89. The summed E-state index contributed by atoms with van der Waals surface area (Å²) in [4.78, 5) is -0.319. The average Bonchev–Trinajstić information content (AvgIpc) is 2.47. The predicted octanol–water partition coefficient (Wildman–Crippen LogP) is 2.75. The third-order valence-electron chi connectivity index (χ3n) is 3.88. The van der Waals surface area contributed by atoms with E-state index in [4.69, 9.17) is 16.3 Å². The van der Waals surface area contributed by atoms with Crippen LogP contribution in [0, 0.1) is 5.82 Å². The molecule has 0 bridgehead atoms. The SMILES string of the molecule is COC1(C)CCCN(S(=O)(=O)c2cc(CCl)ccc2F)C1. The van der Waals surface area contributed by atoms with Crippen LogP contribution in [0.3, 0.4) is 0 Å². The average molecular weight is 336 g/mol. The van der Waals surface area contributed by atoms with E-state index in [9.17, 15) is 12.8 Å². The summed E-state index contributed by atoms with van der Waals surface area (Å²) in [6.07, 6.45) is 1.46. The number of ether oxygens (including phenoxy) is 1. The largest absolute Gasteiger partial charge is 0.377 e. The number of methoxy groups -OCH3 is 1. The van der Waals surface area contributed by atoms with Gasteiger partial charge < -0.3 is 4.74 Å². The molecular formula is C14H19ClFNO3S. The smallest absolute Gasteiger partial charge is 0.246 e.